The van der Waals surface area contributed by atoms with Crippen LogP contribution in [0, 0.1) is 0 Å². The number of carbonyl (C=O) groups is 1. The first-order valence-electron chi connectivity index (χ1n) is 5.97. The van der Waals surface area contributed by atoms with Crippen molar-refractivity contribution in [3.05, 3.63) is 21.1 Å². The van der Waals surface area contributed by atoms with Gasteiger partial charge in [-0.2, -0.15) is 0 Å². The maximum absolute atomic E-state index is 12.3. The molecule has 1 aromatic rings. The van der Waals surface area contributed by atoms with Crippen molar-refractivity contribution in [3.63, 3.8) is 0 Å². The highest BCUT2D eigenvalue weighted by Crippen LogP contribution is 2.32. The SMILES string of the molecule is CC(C)(C)NC(=O)CNS(=O)(=O)c1c(Br)cc(N)cc1Br. The largest absolute Gasteiger partial charge is 0.399 e. The lowest BCUT2D eigenvalue weighted by Gasteiger charge is -2.20. The van der Waals surface area contributed by atoms with Crippen LogP contribution in [0.2, 0.25) is 0 Å². The molecule has 9 heteroatoms. The summed E-state index contributed by atoms with van der Waals surface area (Å²) in [5.41, 5.74) is 5.61. The minimum Gasteiger partial charge on any atom is -0.399 e. The lowest BCUT2D eigenvalue weighted by molar-refractivity contribution is -0.121. The lowest BCUT2D eigenvalue weighted by Crippen LogP contribution is -2.45. The number of rotatable bonds is 4. The van der Waals surface area contributed by atoms with Crippen molar-refractivity contribution < 1.29 is 13.2 Å². The summed E-state index contributed by atoms with van der Waals surface area (Å²) in [6, 6.07) is 2.96. The molecule has 0 aliphatic heterocycles. The third kappa shape index (κ3) is 5.57. The Balaban J connectivity index is 2.91. The topological polar surface area (TPSA) is 101 Å². The molecule has 0 saturated heterocycles. The molecule has 1 aromatic carbocycles. The van der Waals surface area contributed by atoms with Gasteiger partial charge in [0.05, 0.1) is 6.54 Å². The van der Waals surface area contributed by atoms with Gasteiger partial charge in [-0.05, 0) is 64.8 Å². The fraction of sp³-hybridized carbons (Fsp3) is 0.417. The number of anilines is 1. The van der Waals surface area contributed by atoms with Gasteiger partial charge >= 0.3 is 0 Å². The van der Waals surface area contributed by atoms with E-state index in [0.29, 0.717) is 14.6 Å². The Labute approximate surface area is 141 Å². The minimum absolute atomic E-state index is 0.000240. The Hall–Kier alpha value is -0.640. The highest BCUT2D eigenvalue weighted by Gasteiger charge is 2.23. The second-order valence-corrected chi connectivity index (χ2v) is 8.85. The number of nitrogens with two attached hydrogens (primary N) is 1. The average Bonchev–Trinajstić information content (AvgIpc) is 2.22. The van der Waals surface area contributed by atoms with Gasteiger partial charge in [0, 0.05) is 20.2 Å². The Morgan fingerprint density at radius 1 is 1.24 bits per heavy atom. The van der Waals surface area contributed by atoms with Crippen LogP contribution in [-0.2, 0) is 14.8 Å². The third-order valence-electron chi connectivity index (χ3n) is 2.23. The molecule has 0 spiro atoms. The summed E-state index contributed by atoms with van der Waals surface area (Å²) in [6.07, 6.45) is 0. The fourth-order valence-corrected chi connectivity index (χ4v) is 5.13. The molecule has 0 fully saturated rings. The maximum atomic E-state index is 12.3. The van der Waals surface area contributed by atoms with E-state index in [0.717, 1.165) is 0 Å². The average molecular weight is 443 g/mol. The number of benzene rings is 1. The number of nitrogen functional groups attached to an aromatic ring is 1. The summed E-state index contributed by atoms with van der Waals surface area (Å²) >= 11 is 6.32. The Morgan fingerprint density at radius 3 is 2.14 bits per heavy atom. The monoisotopic (exact) mass is 441 g/mol. The number of sulfonamides is 1. The number of halogens is 2. The van der Waals surface area contributed by atoms with Gasteiger partial charge < -0.3 is 11.1 Å². The molecule has 0 aromatic heterocycles. The zero-order valence-electron chi connectivity index (χ0n) is 11.8. The maximum Gasteiger partial charge on any atom is 0.243 e. The Kier molecular flexibility index (Phi) is 5.82. The van der Waals surface area contributed by atoms with Crippen molar-refractivity contribution >= 4 is 53.5 Å². The van der Waals surface area contributed by atoms with Crippen molar-refractivity contribution in [2.24, 2.45) is 0 Å². The van der Waals surface area contributed by atoms with Crippen LogP contribution in [0.1, 0.15) is 20.8 Å². The third-order valence-corrected chi connectivity index (χ3v) is 5.50. The summed E-state index contributed by atoms with van der Waals surface area (Å²) in [5.74, 6) is -0.409. The summed E-state index contributed by atoms with van der Waals surface area (Å²) in [6.45, 7) is 5.09. The van der Waals surface area contributed by atoms with Crippen molar-refractivity contribution in [1.29, 1.82) is 0 Å². The molecule has 1 rings (SSSR count). The Bertz CT molecular complexity index is 631. The molecule has 0 aliphatic carbocycles. The predicted octanol–water partition coefficient (Wildman–Crippen LogP) is 1.99. The van der Waals surface area contributed by atoms with Gasteiger partial charge in [-0.3, -0.25) is 4.79 Å². The normalized spacial score (nSPS) is 12.2. The van der Waals surface area contributed by atoms with E-state index in [-0.39, 0.29) is 11.4 Å². The van der Waals surface area contributed by atoms with E-state index in [1.807, 2.05) is 20.8 Å². The zero-order chi connectivity index (χ0) is 16.4. The first-order chi connectivity index (χ1) is 9.42. The lowest BCUT2D eigenvalue weighted by atomic mass is 10.1. The molecule has 6 nitrogen and oxygen atoms in total. The van der Waals surface area contributed by atoms with Crippen molar-refractivity contribution in [1.82, 2.24) is 10.0 Å². The van der Waals surface area contributed by atoms with E-state index in [1.54, 1.807) is 0 Å². The summed E-state index contributed by atoms with van der Waals surface area (Å²) < 4.78 is 27.4. The van der Waals surface area contributed by atoms with Crippen LogP contribution in [0.3, 0.4) is 0 Å². The van der Waals surface area contributed by atoms with Crippen LogP contribution in [-0.4, -0.2) is 26.4 Å². The fourth-order valence-electron chi connectivity index (χ4n) is 1.53. The van der Waals surface area contributed by atoms with Gasteiger partial charge in [0.1, 0.15) is 4.90 Å². The van der Waals surface area contributed by atoms with Crippen LogP contribution in [0.15, 0.2) is 26.0 Å². The van der Waals surface area contributed by atoms with Gasteiger partial charge in [0.2, 0.25) is 15.9 Å². The predicted molar refractivity (Wildman–Crippen MR) is 89.3 cm³/mol. The van der Waals surface area contributed by atoms with E-state index < -0.39 is 21.5 Å². The van der Waals surface area contributed by atoms with Crippen LogP contribution in [0.4, 0.5) is 5.69 Å². The van der Waals surface area contributed by atoms with E-state index in [9.17, 15) is 13.2 Å². The molecular weight excluding hydrogens is 426 g/mol. The molecule has 0 unspecified atom stereocenters. The molecule has 0 radical (unpaired) electrons. The van der Waals surface area contributed by atoms with Gasteiger partial charge in [-0.15, -0.1) is 0 Å². The standard InChI is InChI=1S/C12H17Br2N3O3S/c1-12(2,3)17-10(18)6-16-21(19,20)11-8(13)4-7(15)5-9(11)14/h4-5,16H,6,15H2,1-3H3,(H,17,18). The molecule has 118 valence electrons. The van der Waals surface area contributed by atoms with Crippen molar-refractivity contribution in [2.45, 2.75) is 31.2 Å². The number of carbonyl (C=O) groups excluding carboxylic acids is 1. The van der Waals surface area contributed by atoms with Crippen LogP contribution < -0.4 is 15.8 Å². The second kappa shape index (κ2) is 6.64. The van der Waals surface area contributed by atoms with Gasteiger partial charge in [0.15, 0.2) is 0 Å². The summed E-state index contributed by atoms with van der Waals surface area (Å²) in [5, 5.41) is 2.67. The summed E-state index contributed by atoms with van der Waals surface area (Å²) in [7, 11) is -3.85. The van der Waals surface area contributed by atoms with Gasteiger partial charge in [0.25, 0.3) is 0 Å². The number of hydrogen-bond acceptors (Lipinski definition) is 4. The molecule has 0 heterocycles. The number of hydrogen-bond donors (Lipinski definition) is 3. The zero-order valence-corrected chi connectivity index (χ0v) is 15.8. The van der Waals surface area contributed by atoms with E-state index in [2.05, 4.69) is 41.9 Å². The molecular formula is C12H17Br2N3O3S. The molecule has 0 saturated carbocycles. The van der Waals surface area contributed by atoms with Gasteiger partial charge in [-0.1, -0.05) is 0 Å². The van der Waals surface area contributed by atoms with Crippen LogP contribution >= 0.6 is 31.9 Å². The smallest absolute Gasteiger partial charge is 0.243 e. The quantitative estimate of drug-likeness (QED) is 0.620. The molecule has 4 N–H and O–H groups in total. The highest BCUT2D eigenvalue weighted by molar-refractivity contribution is 9.11. The molecule has 0 bridgehead atoms. The van der Waals surface area contributed by atoms with Crippen LogP contribution in [0.5, 0.6) is 0 Å². The molecule has 1 amide bonds. The Morgan fingerprint density at radius 2 is 1.71 bits per heavy atom. The number of amides is 1. The molecule has 21 heavy (non-hydrogen) atoms. The van der Waals surface area contributed by atoms with Crippen LogP contribution in [0.25, 0.3) is 0 Å². The minimum atomic E-state index is -3.85. The first kappa shape index (κ1) is 18.4. The van der Waals surface area contributed by atoms with Gasteiger partial charge in [-0.25, -0.2) is 13.1 Å². The molecule has 0 aliphatic rings. The molecule has 0 atom stereocenters. The number of nitrogens with one attached hydrogen (secondary N) is 2. The highest BCUT2D eigenvalue weighted by atomic mass is 79.9. The second-order valence-electron chi connectivity index (χ2n) is 5.44. The first-order valence-corrected chi connectivity index (χ1v) is 9.04. The van der Waals surface area contributed by atoms with E-state index in [1.165, 1.54) is 12.1 Å². The summed E-state index contributed by atoms with van der Waals surface area (Å²) in [4.78, 5) is 11.7. The van der Waals surface area contributed by atoms with Crippen molar-refractivity contribution in [3.8, 4) is 0 Å². The van der Waals surface area contributed by atoms with E-state index in [4.69, 9.17) is 5.73 Å². The van der Waals surface area contributed by atoms with E-state index >= 15 is 0 Å². The van der Waals surface area contributed by atoms with Crippen molar-refractivity contribution in [2.75, 3.05) is 12.3 Å².